The van der Waals surface area contributed by atoms with E-state index in [1.54, 1.807) is 0 Å². The summed E-state index contributed by atoms with van der Waals surface area (Å²) < 4.78 is 6.70. The molecule has 0 unspecified atom stereocenters. The van der Waals surface area contributed by atoms with E-state index in [-0.39, 0.29) is 10.8 Å². The summed E-state index contributed by atoms with van der Waals surface area (Å²) in [6.07, 6.45) is 0. The lowest BCUT2D eigenvalue weighted by atomic mass is 9.82. The van der Waals surface area contributed by atoms with Crippen molar-refractivity contribution in [2.24, 2.45) is 0 Å². The van der Waals surface area contributed by atoms with Crippen molar-refractivity contribution in [1.29, 1.82) is 0 Å². The summed E-state index contributed by atoms with van der Waals surface area (Å²) in [4.78, 5) is 2.57. The number of furan rings is 1. The summed E-state index contributed by atoms with van der Waals surface area (Å²) >= 11 is 0. The lowest BCUT2D eigenvalue weighted by Gasteiger charge is -2.31. The molecule has 2 aliphatic carbocycles. The Balaban J connectivity index is 1.23. The molecule has 0 N–H and O–H groups in total. The molecule has 0 radical (unpaired) electrons. The van der Waals surface area contributed by atoms with E-state index in [1.165, 1.54) is 93.6 Å². The van der Waals surface area contributed by atoms with Crippen LogP contribution in [0.2, 0.25) is 0 Å². The Bertz CT molecular complexity index is 3250. The molecule has 1 aromatic heterocycles. The molecule has 2 nitrogen and oxygen atoms in total. The molecule has 12 rings (SSSR count). The van der Waals surface area contributed by atoms with Gasteiger partial charge in [-0.15, -0.1) is 0 Å². The Morgan fingerprint density at radius 2 is 1.07 bits per heavy atom. The number of fused-ring (bicyclic) bond motifs is 9. The van der Waals surface area contributed by atoms with E-state index < -0.39 is 0 Å². The molecular formula is C54H39NO. The van der Waals surface area contributed by atoms with Gasteiger partial charge in [0.25, 0.3) is 0 Å². The highest BCUT2D eigenvalue weighted by Crippen LogP contribution is 2.57. The van der Waals surface area contributed by atoms with Gasteiger partial charge in [-0.25, -0.2) is 0 Å². The molecule has 0 bridgehead atoms. The fraction of sp³-hybridized carbons (Fsp3) is 0.111. The van der Waals surface area contributed by atoms with Gasteiger partial charge in [0.2, 0.25) is 0 Å². The quantitative estimate of drug-likeness (QED) is 0.169. The molecule has 0 fully saturated rings. The van der Waals surface area contributed by atoms with Crippen molar-refractivity contribution in [3.8, 4) is 33.4 Å². The van der Waals surface area contributed by atoms with Crippen LogP contribution in [0.4, 0.5) is 17.1 Å². The van der Waals surface area contributed by atoms with Crippen LogP contribution < -0.4 is 4.90 Å². The van der Waals surface area contributed by atoms with E-state index >= 15 is 0 Å². The van der Waals surface area contributed by atoms with E-state index in [0.717, 1.165) is 22.5 Å². The lowest BCUT2D eigenvalue weighted by molar-refractivity contribution is 0.660. The third-order valence-electron chi connectivity index (χ3n) is 13.2. The maximum absolute atomic E-state index is 6.70. The first-order valence-corrected chi connectivity index (χ1v) is 19.8. The number of hydrogen-bond acceptors (Lipinski definition) is 2. The monoisotopic (exact) mass is 717 g/mol. The van der Waals surface area contributed by atoms with Gasteiger partial charge in [0, 0.05) is 38.2 Å². The van der Waals surface area contributed by atoms with E-state index in [1.807, 2.05) is 0 Å². The second-order valence-electron chi connectivity index (χ2n) is 16.8. The first kappa shape index (κ1) is 31.7. The van der Waals surface area contributed by atoms with Crippen molar-refractivity contribution in [2.75, 3.05) is 4.90 Å². The highest BCUT2D eigenvalue weighted by atomic mass is 16.3. The molecule has 9 aromatic carbocycles. The van der Waals surface area contributed by atoms with Crippen LogP contribution in [-0.2, 0) is 10.8 Å². The highest BCUT2D eigenvalue weighted by molar-refractivity contribution is 6.36. The van der Waals surface area contributed by atoms with Crippen LogP contribution in [0.5, 0.6) is 0 Å². The summed E-state index contributed by atoms with van der Waals surface area (Å²) in [5.41, 5.74) is 18.1. The molecule has 0 atom stereocenters. The van der Waals surface area contributed by atoms with Crippen LogP contribution in [0.15, 0.2) is 168 Å². The van der Waals surface area contributed by atoms with Crippen LogP contribution >= 0.6 is 0 Å². The molecular weight excluding hydrogens is 679 g/mol. The molecule has 0 aliphatic heterocycles. The highest BCUT2D eigenvalue weighted by Gasteiger charge is 2.39. The first-order valence-electron chi connectivity index (χ1n) is 19.8. The standard InChI is InChI=1S/C54H39NO/c1-53(2)42-20-11-9-17-39(42)49-43(53)21-13-22-45(49)55(34-25-27-37-36-16-8-10-19-41(36)54(3,4)44(37)31-34)46-28-29-48-52-50(46)40-30-33(32-14-6-5-7-15-32)24-26-35(40)38-18-12-23-47(56-48)51(38)52/h5-31H,1-4H3. The van der Waals surface area contributed by atoms with Crippen molar-refractivity contribution in [2.45, 2.75) is 38.5 Å². The van der Waals surface area contributed by atoms with Crippen LogP contribution in [0.3, 0.4) is 0 Å². The van der Waals surface area contributed by atoms with Gasteiger partial charge in [0.05, 0.1) is 11.4 Å². The van der Waals surface area contributed by atoms with Crippen molar-refractivity contribution >= 4 is 60.5 Å². The fourth-order valence-electron chi connectivity index (χ4n) is 10.5. The minimum atomic E-state index is -0.147. The molecule has 0 amide bonds. The van der Waals surface area contributed by atoms with Gasteiger partial charge in [-0.3, -0.25) is 0 Å². The van der Waals surface area contributed by atoms with Crippen LogP contribution in [0, 0.1) is 0 Å². The maximum atomic E-state index is 6.70. The second-order valence-corrected chi connectivity index (χ2v) is 16.8. The number of nitrogens with zero attached hydrogens (tertiary/aromatic N) is 1. The molecule has 2 heteroatoms. The fourth-order valence-corrected chi connectivity index (χ4v) is 10.5. The van der Waals surface area contributed by atoms with E-state index in [2.05, 4.69) is 196 Å². The van der Waals surface area contributed by atoms with Gasteiger partial charge in [-0.1, -0.05) is 149 Å². The minimum Gasteiger partial charge on any atom is -0.456 e. The van der Waals surface area contributed by atoms with Gasteiger partial charge >= 0.3 is 0 Å². The Labute approximate surface area is 326 Å². The smallest absolute Gasteiger partial charge is 0.136 e. The van der Waals surface area contributed by atoms with Gasteiger partial charge < -0.3 is 9.32 Å². The molecule has 0 saturated carbocycles. The SMILES string of the molecule is CC1(C)c2ccccc2-c2ccc(N(c3cccc4c3-c3ccccc3C4(C)C)c3ccc4oc5cccc6c7ccc(-c8ccccc8)cc7c3c4c56)cc21. The average Bonchev–Trinajstić information content (AvgIpc) is 3.81. The zero-order valence-electron chi connectivity index (χ0n) is 31.9. The molecule has 10 aromatic rings. The average molecular weight is 718 g/mol. The molecule has 1 heterocycles. The second kappa shape index (κ2) is 11.0. The molecule has 266 valence electrons. The van der Waals surface area contributed by atoms with Crippen LogP contribution in [0.25, 0.3) is 76.9 Å². The van der Waals surface area contributed by atoms with Crippen LogP contribution in [0.1, 0.15) is 49.9 Å². The third kappa shape index (κ3) is 4.06. The Morgan fingerprint density at radius 1 is 0.393 bits per heavy atom. The van der Waals surface area contributed by atoms with Crippen molar-refractivity contribution < 1.29 is 4.42 Å². The predicted molar refractivity (Wildman–Crippen MR) is 235 cm³/mol. The molecule has 2 aliphatic rings. The number of hydrogen-bond donors (Lipinski definition) is 0. The van der Waals surface area contributed by atoms with Crippen molar-refractivity contribution in [1.82, 2.24) is 0 Å². The Hall–Kier alpha value is -6.64. The number of benzene rings is 9. The van der Waals surface area contributed by atoms with E-state index in [9.17, 15) is 0 Å². The van der Waals surface area contributed by atoms with Crippen molar-refractivity contribution in [3.05, 3.63) is 186 Å². The first-order chi connectivity index (χ1) is 27.3. The third-order valence-corrected chi connectivity index (χ3v) is 13.2. The zero-order chi connectivity index (χ0) is 37.5. The molecule has 0 spiro atoms. The van der Waals surface area contributed by atoms with E-state index in [0.29, 0.717) is 0 Å². The summed E-state index contributed by atoms with van der Waals surface area (Å²) in [5.74, 6) is 0. The summed E-state index contributed by atoms with van der Waals surface area (Å²) in [6.45, 7) is 9.50. The van der Waals surface area contributed by atoms with Crippen molar-refractivity contribution in [3.63, 3.8) is 0 Å². The summed E-state index contributed by atoms with van der Waals surface area (Å²) in [6, 6.07) is 60.8. The molecule has 56 heavy (non-hydrogen) atoms. The van der Waals surface area contributed by atoms with Gasteiger partial charge in [0.15, 0.2) is 0 Å². The predicted octanol–water partition coefficient (Wildman–Crippen LogP) is 15.1. The Morgan fingerprint density at radius 3 is 1.91 bits per heavy atom. The number of anilines is 3. The largest absolute Gasteiger partial charge is 0.456 e. The van der Waals surface area contributed by atoms with Gasteiger partial charge in [0.1, 0.15) is 11.2 Å². The summed E-state index contributed by atoms with van der Waals surface area (Å²) in [7, 11) is 0. The zero-order valence-corrected chi connectivity index (χ0v) is 31.9. The van der Waals surface area contributed by atoms with Gasteiger partial charge in [-0.05, 0) is 109 Å². The summed E-state index contributed by atoms with van der Waals surface area (Å²) in [5, 5.41) is 7.25. The minimum absolute atomic E-state index is 0.139. The molecule has 0 saturated heterocycles. The number of rotatable bonds is 4. The topological polar surface area (TPSA) is 16.4 Å². The maximum Gasteiger partial charge on any atom is 0.136 e. The van der Waals surface area contributed by atoms with E-state index in [4.69, 9.17) is 4.42 Å². The lowest BCUT2D eigenvalue weighted by Crippen LogP contribution is -2.17. The normalized spacial score (nSPS) is 14.7. The Kier molecular flexibility index (Phi) is 6.22. The van der Waals surface area contributed by atoms with Gasteiger partial charge in [-0.2, -0.15) is 0 Å². The van der Waals surface area contributed by atoms with Crippen LogP contribution in [-0.4, -0.2) is 0 Å².